The van der Waals surface area contributed by atoms with Gasteiger partial charge >= 0.3 is 6.04 Å². The molecule has 0 aliphatic carbocycles. The number of hydrogen-bond acceptors (Lipinski definition) is 3. The quantitative estimate of drug-likeness (QED) is 0.535. The van der Waals surface area contributed by atoms with E-state index in [1.54, 1.807) is 6.07 Å². The molecule has 0 radical (unpaired) electrons. The molecule has 0 aromatic rings. The van der Waals surface area contributed by atoms with Crippen molar-refractivity contribution in [2.24, 2.45) is 0 Å². The number of nitrogens with zero attached hydrogens (tertiary/aromatic N) is 1. The summed E-state index contributed by atoms with van der Waals surface area (Å²) in [5.41, 5.74) is 0. The van der Waals surface area contributed by atoms with E-state index in [2.05, 4.69) is 9.47 Å². The highest BCUT2D eigenvalue weighted by atomic mass is 19.2. The Kier molecular flexibility index (Phi) is 3.13. The average Bonchev–Trinajstić information content (AvgIpc) is 1.89. The van der Waals surface area contributed by atoms with E-state index in [0.717, 1.165) is 14.2 Å². The fourth-order valence-corrected chi connectivity index (χ4v) is 0.322. The van der Waals surface area contributed by atoms with Crippen molar-refractivity contribution in [3.05, 3.63) is 0 Å². The molecule has 0 aromatic carbocycles. The van der Waals surface area contributed by atoms with Crippen LogP contribution in [0.25, 0.3) is 0 Å². The Morgan fingerprint density at radius 3 is 2.11 bits per heavy atom. The Hall–Kier alpha value is -0.660. The van der Waals surface area contributed by atoms with Gasteiger partial charge in [0.25, 0.3) is 0 Å². The molecule has 0 fully saturated rings. The van der Waals surface area contributed by atoms with Crippen molar-refractivity contribution in [3.8, 4) is 6.07 Å². The number of alkyl halides is 1. The summed E-state index contributed by atoms with van der Waals surface area (Å²) in [6.45, 7) is 0. The van der Waals surface area contributed by atoms with Crippen LogP contribution in [0.3, 0.4) is 0 Å². The third-order valence-corrected chi connectivity index (χ3v) is 0.900. The molecular weight excluding hydrogens is 125 g/mol. The molecular formula is C5H8FNO2. The molecule has 0 unspecified atom stereocenters. The summed E-state index contributed by atoms with van der Waals surface area (Å²) in [6, 6.07) is -0.642. The van der Waals surface area contributed by atoms with E-state index in [4.69, 9.17) is 5.26 Å². The first-order chi connectivity index (χ1) is 4.18. The summed E-state index contributed by atoms with van der Waals surface area (Å²) >= 11 is 0. The highest BCUT2D eigenvalue weighted by Gasteiger charge is 2.27. The van der Waals surface area contributed by atoms with Crippen molar-refractivity contribution in [1.82, 2.24) is 0 Å². The Morgan fingerprint density at radius 1 is 1.56 bits per heavy atom. The molecule has 0 heterocycles. The minimum Gasteiger partial charge on any atom is -0.327 e. The Bertz CT molecular complexity index is 117. The van der Waals surface area contributed by atoms with Gasteiger partial charge in [-0.1, -0.05) is 0 Å². The Morgan fingerprint density at radius 2 is 2.00 bits per heavy atom. The van der Waals surface area contributed by atoms with Gasteiger partial charge in [-0.15, -0.1) is 0 Å². The van der Waals surface area contributed by atoms with Crippen LogP contribution in [0.4, 0.5) is 4.39 Å². The van der Waals surface area contributed by atoms with Gasteiger partial charge in [0.1, 0.15) is 6.42 Å². The first kappa shape index (κ1) is 8.34. The standard InChI is InChI=1S/C5H8FNO2/c1-8-5(6,9-2)3-4-7/h3H2,1-2H3. The topological polar surface area (TPSA) is 42.2 Å². The van der Waals surface area contributed by atoms with Crippen LogP contribution in [0.2, 0.25) is 0 Å². The van der Waals surface area contributed by atoms with Crippen molar-refractivity contribution in [1.29, 1.82) is 5.26 Å². The maximum absolute atomic E-state index is 12.6. The van der Waals surface area contributed by atoms with Crippen LogP contribution >= 0.6 is 0 Å². The van der Waals surface area contributed by atoms with Gasteiger partial charge in [0.15, 0.2) is 0 Å². The minimum atomic E-state index is -2.23. The summed E-state index contributed by atoms with van der Waals surface area (Å²) < 4.78 is 21.0. The van der Waals surface area contributed by atoms with Gasteiger partial charge in [0.05, 0.1) is 6.07 Å². The fraction of sp³-hybridized carbons (Fsp3) is 0.800. The highest BCUT2D eigenvalue weighted by molar-refractivity contribution is 4.75. The number of nitriles is 1. The first-order valence-electron chi connectivity index (χ1n) is 2.34. The Labute approximate surface area is 53.0 Å². The summed E-state index contributed by atoms with van der Waals surface area (Å²) in [4.78, 5) is 0. The van der Waals surface area contributed by atoms with Crippen LogP contribution in [0.5, 0.6) is 0 Å². The van der Waals surface area contributed by atoms with Crippen LogP contribution in [0.15, 0.2) is 0 Å². The number of methoxy groups -OCH3 is 2. The molecule has 0 aromatic heterocycles. The number of hydrogen-bond donors (Lipinski definition) is 0. The lowest BCUT2D eigenvalue weighted by Gasteiger charge is -2.17. The summed E-state index contributed by atoms with van der Waals surface area (Å²) in [5.74, 6) is 0. The molecule has 0 bridgehead atoms. The molecule has 0 aliphatic heterocycles. The van der Waals surface area contributed by atoms with Crippen LogP contribution in [-0.4, -0.2) is 20.3 Å². The molecule has 0 spiro atoms. The molecule has 52 valence electrons. The fourth-order valence-electron chi connectivity index (χ4n) is 0.322. The first-order valence-corrected chi connectivity index (χ1v) is 2.34. The van der Waals surface area contributed by atoms with E-state index in [1.807, 2.05) is 0 Å². The number of rotatable bonds is 3. The van der Waals surface area contributed by atoms with Crippen molar-refractivity contribution >= 4 is 0 Å². The molecule has 4 heteroatoms. The van der Waals surface area contributed by atoms with Crippen molar-refractivity contribution in [3.63, 3.8) is 0 Å². The summed E-state index contributed by atoms with van der Waals surface area (Å²) in [7, 11) is 2.28. The van der Waals surface area contributed by atoms with E-state index in [0.29, 0.717) is 0 Å². The van der Waals surface area contributed by atoms with Gasteiger partial charge in [0, 0.05) is 14.2 Å². The van der Waals surface area contributed by atoms with Gasteiger partial charge in [-0.05, 0) is 0 Å². The van der Waals surface area contributed by atoms with E-state index in [-0.39, 0.29) is 0 Å². The maximum atomic E-state index is 12.6. The zero-order chi connectivity index (χ0) is 7.33. The van der Waals surface area contributed by atoms with E-state index in [1.165, 1.54) is 0 Å². The number of ether oxygens (including phenoxy) is 2. The summed E-state index contributed by atoms with van der Waals surface area (Å²) in [6.07, 6.45) is -0.417. The van der Waals surface area contributed by atoms with Gasteiger partial charge in [-0.25, -0.2) is 0 Å². The monoisotopic (exact) mass is 133 g/mol. The maximum Gasteiger partial charge on any atom is 0.333 e. The minimum absolute atomic E-state index is 0.417. The van der Waals surface area contributed by atoms with Crippen molar-refractivity contribution < 1.29 is 13.9 Å². The van der Waals surface area contributed by atoms with Crippen LogP contribution < -0.4 is 0 Å². The predicted octanol–water partition coefficient (Wildman–Crippen LogP) is 0.816. The molecule has 3 nitrogen and oxygen atoms in total. The second-order valence-electron chi connectivity index (χ2n) is 1.40. The van der Waals surface area contributed by atoms with E-state index in [9.17, 15) is 4.39 Å². The van der Waals surface area contributed by atoms with E-state index >= 15 is 0 Å². The zero-order valence-electron chi connectivity index (χ0n) is 5.35. The zero-order valence-corrected chi connectivity index (χ0v) is 5.35. The molecule has 0 saturated carbocycles. The third-order valence-electron chi connectivity index (χ3n) is 0.900. The smallest absolute Gasteiger partial charge is 0.327 e. The second-order valence-corrected chi connectivity index (χ2v) is 1.40. The van der Waals surface area contributed by atoms with Gasteiger partial charge in [-0.2, -0.15) is 9.65 Å². The van der Waals surface area contributed by atoms with Gasteiger partial charge in [-0.3, -0.25) is 0 Å². The van der Waals surface area contributed by atoms with Crippen molar-refractivity contribution in [2.75, 3.05) is 14.2 Å². The average molecular weight is 133 g/mol. The molecule has 0 saturated heterocycles. The van der Waals surface area contributed by atoms with Gasteiger partial charge < -0.3 is 9.47 Å². The highest BCUT2D eigenvalue weighted by Crippen LogP contribution is 2.15. The Balaban J connectivity index is 3.80. The molecule has 0 atom stereocenters. The lowest BCUT2D eigenvalue weighted by atomic mass is 10.4. The van der Waals surface area contributed by atoms with Crippen LogP contribution in [-0.2, 0) is 9.47 Å². The molecule has 0 amide bonds. The van der Waals surface area contributed by atoms with Crippen LogP contribution in [0.1, 0.15) is 6.42 Å². The molecule has 0 N–H and O–H groups in total. The number of halogens is 1. The van der Waals surface area contributed by atoms with E-state index < -0.39 is 12.5 Å². The lowest BCUT2D eigenvalue weighted by Crippen LogP contribution is -2.26. The second kappa shape index (κ2) is 3.38. The largest absolute Gasteiger partial charge is 0.333 e. The van der Waals surface area contributed by atoms with Crippen LogP contribution in [0, 0.1) is 11.3 Å². The predicted molar refractivity (Wildman–Crippen MR) is 28.1 cm³/mol. The third kappa shape index (κ3) is 2.40. The SMILES string of the molecule is COC(F)(CC#N)OC. The molecule has 9 heavy (non-hydrogen) atoms. The molecule has 0 rings (SSSR count). The molecule has 0 aliphatic rings. The lowest BCUT2D eigenvalue weighted by molar-refractivity contribution is -0.288. The van der Waals surface area contributed by atoms with Gasteiger partial charge in [0.2, 0.25) is 0 Å². The van der Waals surface area contributed by atoms with Crippen molar-refractivity contribution in [2.45, 2.75) is 12.5 Å². The normalized spacial score (nSPS) is 10.9. The summed E-state index contributed by atoms with van der Waals surface area (Å²) in [5, 5.41) is 8.01.